The molecule has 15 heavy (non-hydrogen) atoms. The van der Waals surface area contributed by atoms with Crippen molar-refractivity contribution in [1.29, 1.82) is 0 Å². The monoisotopic (exact) mass is 199 g/mol. The molecule has 1 atom stereocenters. The second-order valence-electron chi connectivity index (χ2n) is 3.98. The molecule has 0 aromatic heterocycles. The van der Waals surface area contributed by atoms with Gasteiger partial charge in [-0.25, -0.2) is 0 Å². The molecule has 1 aliphatic heterocycles. The van der Waals surface area contributed by atoms with E-state index < -0.39 is 0 Å². The summed E-state index contributed by atoms with van der Waals surface area (Å²) in [5.41, 5.74) is 8.58. The molecule has 0 aliphatic carbocycles. The second-order valence-corrected chi connectivity index (χ2v) is 3.98. The van der Waals surface area contributed by atoms with Crippen LogP contribution in [0.25, 0.3) is 10.8 Å². The third kappa shape index (κ3) is 1.34. The van der Waals surface area contributed by atoms with Crippen LogP contribution in [0.1, 0.15) is 17.2 Å². The molecule has 2 aromatic rings. The van der Waals surface area contributed by atoms with Gasteiger partial charge in [0, 0.05) is 0 Å². The first-order valence-electron chi connectivity index (χ1n) is 5.20. The summed E-state index contributed by atoms with van der Waals surface area (Å²) in [7, 11) is 0. The zero-order valence-electron chi connectivity index (χ0n) is 8.44. The Balaban J connectivity index is 2.35. The van der Waals surface area contributed by atoms with Crippen LogP contribution in [0.5, 0.6) is 0 Å². The number of ether oxygens (including phenoxy) is 1. The van der Waals surface area contributed by atoms with E-state index in [2.05, 4.69) is 36.4 Å². The fourth-order valence-corrected chi connectivity index (χ4v) is 2.28. The molecule has 2 N–H and O–H groups in total. The molecule has 0 fully saturated rings. The van der Waals surface area contributed by atoms with Crippen LogP contribution in [0.15, 0.2) is 36.4 Å². The number of rotatable bonds is 0. The van der Waals surface area contributed by atoms with Gasteiger partial charge in [-0.3, -0.25) is 0 Å². The summed E-state index contributed by atoms with van der Waals surface area (Å²) in [4.78, 5) is 0. The van der Waals surface area contributed by atoms with Gasteiger partial charge < -0.3 is 10.5 Å². The smallest absolute Gasteiger partial charge is 0.0721 e. The van der Waals surface area contributed by atoms with Crippen molar-refractivity contribution >= 4 is 10.8 Å². The molecule has 0 amide bonds. The van der Waals surface area contributed by atoms with Crippen molar-refractivity contribution in [3.05, 3.63) is 47.5 Å². The van der Waals surface area contributed by atoms with Gasteiger partial charge in [-0.1, -0.05) is 36.4 Å². The minimum Gasteiger partial charge on any atom is -0.375 e. The Bertz CT molecular complexity index is 507. The molecule has 76 valence electrons. The van der Waals surface area contributed by atoms with Gasteiger partial charge in [-0.2, -0.15) is 0 Å². The SMILES string of the molecule is NC1COCc2ccc3ccccc3c21. The van der Waals surface area contributed by atoms with Crippen LogP contribution >= 0.6 is 0 Å². The zero-order chi connectivity index (χ0) is 10.3. The molecule has 3 rings (SSSR count). The van der Waals surface area contributed by atoms with Crippen molar-refractivity contribution < 1.29 is 4.74 Å². The number of fused-ring (bicyclic) bond motifs is 3. The molecule has 2 aromatic carbocycles. The third-order valence-electron chi connectivity index (χ3n) is 2.99. The summed E-state index contributed by atoms with van der Waals surface area (Å²) in [5, 5.41) is 2.53. The maximum atomic E-state index is 6.09. The Hall–Kier alpha value is -1.38. The summed E-state index contributed by atoms with van der Waals surface area (Å²) in [5.74, 6) is 0. The number of hydrogen-bond donors (Lipinski definition) is 1. The predicted molar refractivity (Wildman–Crippen MR) is 60.5 cm³/mol. The Morgan fingerprint density at radius 3 is 2.93 bits per heavy atom. The summed E-state index contributed by atoms with van der Waals surface area (Å²) >= 11 is 0. The van der Waals surface area contributed by atoms with Crippen molar-refractivity contribution in [3.63, 3.8) is 0 Å². The molecule has 0 saturated heterocycles. The van der Waals surface area contributed by atoms with E-state index in [0.29, 0.717) is 13.2 Å². The van der Waals surface area contributed by atoms with Crippen molar-refractivity contribution in [2.45, 2.75) is 12.6 Å². The average Bonchev–Trinajstić information content (AvgIpc) is 2.29. The summed E-state index contributed by atoms with van der Waals surface area (Å²) in [6, 6.07) is 12.6. The molecule has 0 bridgehead atoms. The normalized spacial score (nSPS) is 20.2. The Labute approximate surface area is 88.7 Å². The lowest BCUT2D eigenvalue weighted by Gasteiger charge is -2.24. The molecular formula is C13H13NO. The van der Waals surface area contributed by atoms with Crippen LogP contribution < -0.4 is 5.73 Å². The highest BCUT2D eigenvalue weighted by Gasteiger charge is 2.19. The molecule has 1 heterocycles. The van der Waals surface area contributed by atoms with Gasteiger partial charge in [0.1, 0.15) is 0 Å². The highest BCUT2D eigenvalue weighted by molar-refractivity contribution is 5.87. The van der Waals surface area contributed by atoms with Crippen LogP contribution in [0, 0.1) is 0 Å². The molecule has 2 heteroatoms. The minimum atomic E-state index is 0.0137. The van der Waals surface area contributed by atoms with Gasteiger partial charge in [0.25, 0.3) is 0 Å². The zero-order valence-corrected chi connectivity index (χ0v) is 8.44. The van der Waals surface area contributed by atoms with Crippen LogP contribution in [0.2, 0.25) is 0 Å². The van der Waals surface area contributed by atoms with E-state index >= 15 is 0 Å². The molecule has 2 nitrogen and oxygen atoms in total. The van der Waals surface area contributed by atoms with Crippen molar-refractivity contribution in [2.24, 2.45) is 5.73 Å². The molecule has 1 unspecified atom stereocenters. The van der Waals surface area contributed by atoms with E-state index in [1.54, 1.807) is 0 Å². The molecule has 0 radical (unpaired) electrons. The lowest BCUT2D eigenvalue weighted by atomic mass is 9.93. The van der Waals surface area contributed by atoms with E-state index in [4.69, 9.17) is 10.5 Å². The standard InChI is InChI=1S/C13H13NO/c14-12-8-15-7-10-6-5-9-3-1-2-4-11(9)13(10)12/h1-6,12H,7-8,14H2. The lowest BCUT2D eigenvalue weighted by molar-refractivity contribution is 0.0930. The van der Waals surface area contributed by atoms with E-state index in [1.165, 1.54) is 21.9 Å². The van der Waals surface area contributed by atoms with Crippen molar-refractivity contribution in [2.75, 3.05) is 6.61 Å². The third-order valence-corrected chi connectivity index (χ3v) is 2.99. The predicted octanol–water partition coefficient (Wildman–Crippen LogP) is 2.37. The van der Waals surface area contributed by atoms with Crippen LogP contribution in [-0.2, 0) is 11.3 Å². The van der Waals surface area contributed by atoms with E-state index in [-0.39, 0.29) is 6.04 Å². The summed E-state index contributed by atoms with van der Waals surface area (Å²) in [6.45, 7) is 1.31. The maximum Gasteiger partial charge on any atom is 0.0721 e. The molecule has 0 saturated carbocycles. The quantitative estimate of drug-likeness (QED) is 0.707. The highest BCUT2D eigenvalue weighted by atomic mass is 16.5. The first kappa shape index (κ1) is 8.89. The summed E-state index contributed by atoms with van der Waals surface area (Å²) in [6.07, 6.45) is 0. The lowest BCUT2D eigenvalue weighted by Crippen LogP contribution is -2.23. The van der Waals surface area contributed by atoms with Gasteiger partial charge in [0.2, 0.25) is 0 Å². The van der Waals surface area contributed by atoms with Crippen LogP contribution in [-0.4, -0.2) is 6.61 Å². The summed E-state index contributed by atoms with van der Waals surface area (Å²) < 4.78 is 5.43. The molecular weight excluding hydrogens is 186 g/mol. The average molecular weight is 199 g/mol. The largest absolute Gasteiger partial charge is 0.375 e. The van der Waals surface area contributed by atoms with E-state index in [0.717, 1.165) is 0 Å². The maximum absolute atomic E-state index is 6.09. The van der Waals surface area contributed by atoms with Crippen LogP contribution in [0.3, 0.4) is 0 Å². The van der Waals surface area contributed by atoms with Gasteiger partial charge in [-0.05, 0) is 21.9 Å². The number of benzene rings is 2. The van der Waals surface area contributed by atoms with Gasteiger partial charge in [0.15, 0.2) is 0 Å². The number of hydrogen-bond acceptors (Lipinski definition) is 2. The fraction of sp³-hybridized carbons (Fsp3) is 0.231. The fourth-order valence-electron chi connectivity index (χ4n) is 2.28. The van der Waals surface area contributed by atoms with Crippen LogP contribution in [0.4, 0.5) is 0 Å². The minimum absolute atomic E-state index is 0.0137. The number of nitrogens with two attached hydrogens (primary N) is 1. The topological polar surface area (TPSA) is 35.2 Å². The van der Waals surface area contributed by atoms with Gasteiger partial charge >= 0.3 is 0 Å². The van der Waals surface area contributed by atoms with E-state index in [1.807, 2.05) is 0 Å². The van der Waals surface area contributed by atoms with Crippen molar-refractivity contribution in [3.8, 4) is 0 Å². The molecule has 1 aliphatic rings. The molecule has 0 spiro atoms. The first-order valence-corrected chi connectivity index (χ1v) is 5.20. The van der Waals surface area contributed by atoms with Gasteiger partial charge in [0.05, 0.1) is 19.3 Å². The second kappa shape index (κ2) is 3.33. The highest BCUT2D eigenvalue weighted by Crippen LogP contribution is 2.30. The Morgan fingerprint density at radius 2 is 2.00 bits per heavy atom. The van der Waals surface area contributed by atoms with Gasteiger partial charge in [-0.15, -0.1) is 0 Å². The Kier molecular flexibility index (Phi) is 1.97. The van der Waals surface area contributed by atoms with Crippen molar-refractivity contribution in [1.82, 2.24) is 0 Å². The van der Waals surface area contributed by atoms with E-state index in [9.17, 15) is 0 Å². The Morgan fingerprint density at radius 1 is 1.13 bits per heavy atom. The first-order chi connectivity index (χ1) is 7.36.